The average molecular weight is 407 g/mol. The van der Waals surface area contributed by atoms with E-state index in [9.17, 15) is 9.59 Å². The SMILES string of the molecule is CCN(Cc1nc(C(C)C)no1)C(=O)C1CC(=O)N(c2nnc(C(C)C)s2)C1. The summed E-state index contributed by atoms with van der Waals surface area (Å²) in [6, 6.07) is 0. The first kappa shape index (κ1) is 20.4. The van der Waals surface area contributed by atoms with Crippen LogP contribution in [-0.2, 0) is 16.1 Å². The first-order valence-corrected chi connectivity index (χ1v) is 10.4. The van der Waals surface area contributed by atoms with Crippen LogP contribution in [0, 0.1) is 5.92 Å². The van der Waals surface area contributed by atoms with Crippen molar-refractivity contribution in [2.45, 2.75) is 59.4 Å². The summed E-state index contributed by atoms with van der Waals surface area (Å²) in [6.45, 7) is 11.0. The zero-order chi connectivity index (χ0) is 20.4. The van der Waals surface area contributed by atoms with Crippen molar-refractivity contribution in [3.8, 4) is 0 Å². The highest BCUT2D eigenvalue weighted by Gasteiger charge is 2.38. The van der Waals surface area contributed by atoms with E-state index < -0.39 is 5.92 Å². The second-order valence-corrected chi connectivity index (χ2v) is 8.52. The summed E-state index contributed by atoms with van der Waals surface area (Å²) in [5.41, 5.74) is 0. The van der Waals surface area contributed by atoms with Crippen LogP contribution in [0.15, 0.2) is 4.52 Å². The molecular weight excluding hydrogens is 380 g/mol. The number of rotatable bonds is 7. The van der Waals surface area contributed by atoms with Gasteiger partial charge in [0.25, 0.3) is 0 Å². The minimum Gasteiger partial charge on any atom is -0.337 e. The van der Waals surface area contributed by atoms with Gasteiger partial charge in [-0.15, -0.1) is 10.2 Å². The summed E-state index contributed by atoms with van der Waals surface area (Å²) >= 11 is 1.40. The lowest BCUT2D eigenvalue weighted by atomic mass is 10.1. The Morgan fingerprint density at radius 3 is 2.61 bits per heavy atom. The predicted octanol–water partition coefficient (Wildman–Crippen LogP) is 2.57. The van der Waals surface area contributed by atoms with Crippen molar-refractivity contribution >= 4 is 28.3 Å². The highest BCUT2D eigenvalue weighted by Crippen LogP contribution is 2.31. The van der Waals surface area contributed by atoms with Crippen LogP contribution in [0.4, 0.5) is 5.13 Å². The van der Waals surface area contributed by atoms with Crippen molar-refractivity contribution < 1.29 is 14.1 Å². The van der Waals surface area contributed by atoms with E-state index >= 15 is 0 Å². The Bertz CT molecular complexity index is 846. The molecule has 1 aliphatic heterocycles. The lowest BCUT2D eigenvalue weighted by Crippen LogP contribution is -2.37. The summed E-state index contributed by atoms with van der Waals surface area (Å²) in [6.07, 6.45) is 0.174. The molecule has 0 aromatic carbocycles. The van der Waals surface area contributed by atoms with Gasteiger partial charge in [0.15, 0.2) is 5.82 Å². The van der Waals surface area contributed by atoms with Crippen LogP contribution < -0.4 is 4.90 Å². The minimum absolute atomic E-state index is 0.0868. The monoisotopic (exact) mass is 406 g/mol. The molecule has 9 nitrogen and oxygen atoms in total. The van der Waals surface area contributed by atoms with E-state index in [2.05, 4.69) is 20.3 Å². The summed E-state index contributed by atoms with van der Waals surface area (Å²) < 4.78 is 5.26. The summed E-state index contributed by atoms with van der Waals surface area (Å²) in [7, 11) is 0. The van der Waals surface area contributed by atoms with Crippen molar-refractivity contribution in [2.24, 2.45) is 5.92 Å². The molecule has 152 valence electrons. The molecule has 1 atom stereocenters. The van der Waals surface area contributed by atoms with Crippen molar-refractivity contribution in [3.05, 3.63) is 16.7 Å². The van der Waals surface area contributed by atoms with Crippen LogP contribution >= 0.6 is 11.3 Å². The van der Waals surface area contributed by atoms with E-state index in [0.29, 0.717) is 29.9 Å². The molecule has 3 rings (SSSR count). The summed E-state index contributed by atoms with van der Waals surface area (Å²) in [4.78, 5) is 33.0. The number of hydrogen-bond acceptors (Lipinski definition) is 8. The van der Waals surface area contributed by atoms with Gasteiger partial charge in [-0.05, 0) is 6.92 Å². The fourth-order valence-corrected chi connectivity index (χ4v) is 3.83. The molecule has 2 aromatic rings. The first-order valence-electron chi connectivity index (χ1n) is 9.55. The average Bonchev–Trinajstić information content (AvgIpc) is 3.38. The zero-order valence-electron chi connectivity index (χ0n) is 16.9. The van der Waals surface area contributed by atoms with Crippen LogP contribution in [-0.4, -0.2) is 50.1 Å². The van der Waals surface area contributed by atoms with Gasteiger partial charge in [0, 0.05) is 31.3 Å². The van der Waals surface area contributed by atoms with E-state index in [0.717, 1.165) is 5.01 Å². The second-order valence-electron chi connectivity index (χ2n) is 7.54. The number of amides is 2. The van der Waals surface area contributed by atoms with Crippen LogP contribution in [0.25, 0.3) is 0 Å². The van der Waals surface area contributed by atoms with Crippen molar-refractivity contribution in [1.82, 2.24) is 25.2 Å². The van der Waals surface area contributed by atoms with Gasteiger partial charge in [0.05, 0.1) is 12.5 Å². The number of carbonyl (C=O) groups excluding carboxylic acids is 2. The van der Waals surface area contributed by atoms with Gasteiger partial charge in [-0.2, -0.15) is 4.98 Å². The Balaban J connectivity index is 1.67. The number of anilines is 1. The molecule has 0 saturated carbocycles. The third kappa shape index (κ3) is 4.21. The van der Waals surface area contributed by atoms with E-state index in [1.165, 1.54) is 11.3 Å². The van der Waals surface area contributed by atoms with Crippen molar-refractivity contribution in [3.63, 3.8) is 0 Å². The summed E-state index contributed by atoms with van der Waals surface area (Å²) in [5, 5.41) is 13.7. The molecule has 1 aliphatic rings. The van der Waals surface area contributed by atoms with Gasteiger partial charge in [-0.3, -0.25) is 14.5 Å². The third-order valence-electron chi connectivity index (χ3n) is 4.65. The van der Waals surface area contributed by atoms with Gasteiger partial charge < -0.3 is 9.42 Å². The number of hydrogen-bond donors (Lipinski definition) is 0. The van der Waals surface area contributed by atoms with Crippen molar-refractivity contribution in [2.75, 3.05) is 18.0 Å². The molecule has 2 aromatic heterocycles. The fourth-order valence-electron chi connectivity index (χ4n) is 2.96. The molecule has 3 heterocycles. The molecule has 1 unspecified atom stereocenters. The quantitative estimate of drug-likeness (QED) is 0.696. The minimum atomic E-state index is -0.411. The van der Waals surface area contributed by atoms with Crippen LogP contribution in [0.5, 0.6) is 0 Å². The molecule has 2 amide bonds. The predicted molar refractivity (Wildman–Crippen MR) is 104 cm³/mol. The van der Waals surface area contributed by atoms with Crippen molar-refractivity contribution in [1.29, 1.82) is 0 Å². The smallest absolute Gasteiger partial charge is 0.246 e. The molecule has 1 fully saturated rings. The Morgan fingerprint density at radius 1 is 1.29 bits per heavy atom. The van der Waals surface area contributed by atoms with Crippen LogP contribution in [0.2, 0.25) is 0 Å². The lowest BCUT2D eigenvalue weighted by Gasteiger charge is -2.22. The van der Waals surface area contributed by atoms with Gasteiger partial charge in [-0.1, -0.05) is 44.2 Å². The topological polar surface area (TPSA) is 105 Å². The number of nitrogens with zero attached hydrogens (tertiary/aromatic N) is 6. The van der Waals surface area contributed by atoms with E-state index in [1.807, 2.05) is 34.6 Å². The molecule has 0 bridgehead atoms. The lowest BCUT2D eigenvalue weighted by molar-refractivity contribution is -0.136. The molecule has 28 heavy (non-hydrogen) atoms. The Kier molecular flexibility index (Phi) is 6.07. The highest BCUT2D eigenvalue weighted by atomic mass is 32.1. The van der Waals surface area contributed by atoms with Crippen LogP contribution in [0.1, 0.15) is 69.6 Å². The summed E-state index contributed by atoms with van der Waals surface area (Å²) in [5.74, 6) is 0.848. The first-order chi connectivity index (χ1) is 13.3. The third-order valence-corrected chi connectivity index (χ3v) is 5.90. The largest absolute Gasteiger partial charge is 0.337 e. The van der Waals surface area contributed by atoms with E-state index in [1.54, 1.807) is 9.80 Å². The second kappa shape index (κ2) is 8.34. The molecule has 0 radical (unpaired) electrons. The Morgan fingerprint density at radius 2 is 2.04 bits per heavy atom. The number of aromatic nitrogens is 4. The number of carbonyl (C=O) groups is 2. The van der Waals surface area contributed by atoms with E-state index in [4.69, 9.17) is 4.52 Å². The maximum atomic E-state index is 13.0. The van der Waals surface area contributed by atoms with Crippen LogP contribution in [0.3, 0.4) is 0 Å². The molecule has 0 aliphatic carbocycles. The van der Waals surface area contributed by atoms with E-state index in [-0.39, 0.29) is 36.6 Å². The molecule has 0 N–H and O–H groups in total. The maximum absolute atomic E-state index is 13.0. The Labute approximate surface area is 168 Å². The van der Waals surface area contributed by atoms with Gasteiger partial charge >= 0.3 is 0 Å². The standard InChI is InChI=1S/C18H26N6O3S/c1-6-23(9-13-19-15(10(2)3)22-27-13)17(26)12-7-14(25)24(8-12)18-21-20-16(28-18)11(4)5/h10-12H,6-9H2,1-5H3. The van der Waals surface area contributed by atoms with Gasteiger partial charge in [0.1, 0.15) is 5.01 Å². The molecule has 10 heteroatoms. The fraction of sp³-hybridized carbons (Fsp3) is 0.667. The molecular formula is C18H26N6O3S. The zero-order valence-corrected chi connectivity index (χ0v) is 17.7. The van der Waals surface area contributed by atoms with Gasteiger partial charge in [-0.25, -0.2) is 0 Å². The molecule has 0 spiro atoms. The Hall–Kier alpha value is -2.36. The highest BCUT2D eigenvalue weighted by molar-refractivity contribution is 7.15. The normalized spacial score (nSPS) is 17.2. The van der Waals surface area contributed by atoms with Gasteiger partial charge in [0.2, 0.25) is 22.8 Å². The molecule has 1 saturated heterocycles. The maximum Gasteiger partial charge on any atom is 0.246 e.